The van der Waals surface area contributed by atoms with Crippen LogP contribution in [0.25, 0.3) is 0 Å². The van der Waals surface area contributed by atoms with Crippen LogP contribution in [0.4, 0.5) is 0 Å². The molecule has 1 amide bonds. The molecule has 0 saturated heterocycles. The van der Waals surface area contributed by atoms with Crippen LogP contribution in [0, 0.1) is 0 Å². The highest BCUT2D eigenvalue weighted by atomic mass is 32.2. The Bertz CT molecular complexity index is 277. The van der Waals surface area contributed by atoms with Gasteiger partial charge in [0.25, 0.3) is 5.91 Å². The zero-order valence-electron chi connectivity index (χ0n) is 8.03. The van der Waals surface area contributed by atoms with E-state index in [1.165, 1.54) is 11.8 Å². The van der Waals surface area contributed by atoms with Gasteiger partial charge in [0.15, 0.2) is 0 Å². The van der Waals surface area contributed by atoms with E-state index >= 15 is 0 Å². The maximum atomic E-state index is 11.0. The molecule has 3 nitrogen and oxygen atoms in total. The summed E-state index contributed by atoms with van der Waals surface area (Å²) in [6.45, 7) is 0.404. The molecule has 14 heavy (non-hydrogen) atoms. The molecule has 0 aliphatic rings. The number of hydrogen-bond donors (Lipinski definition) is 1. The Balaban J connectivity index is 2.19. The summed E-state index contributed by atoms with van der Waals surface area (Å²) < 4.78 is 0. The van der Waals surface area contributed by atoms with E-state index in [9.17, 15) is 4.79 Å². The van der Waals surface area contributed by atoms with Gasteiger partial charge < -0.3 is 0 Å². The lowest BCUT2D eigenvalue weighted by atomic mass is 10.2. The van der Waals surface area contributed by atoms with Crippen LogP contribution in [0.5, 0.6) is 0 Å². The van der Waals surface area contributed by atoms with Crippen LogP contribution in [0.1, 0.15) is 5.56 Å². The molecule has 1 N–H and O–H groups in total. The van der Waals surface area contributed by atoms with Gasteiger partial charge in [0.05, 0.1) is 12.4 Å². The van der Waals surface area contributed by atoms with E-state index in [0.717, 1.165) is 5.56 Å². The highest BCUT2D eigenvalue weighted by Gasteiger charge is 1.98. The Kier molecular flexibility index (Phi) is 5.11. The van der Waals surface area contributed by atoms with Gasteiger partial charge in [0.2, 0.25) is 0 Å². The van der Waals surface area contributed by atoms with Gasteiger partial charge in [-0.15, -0.1) is 0 Å². The molecule has 0 aromatic heterocycles. The van der Waals surface area contributed by atoms with Gasteiger partial charge >= 0.3 is 0 Å². The number of nitrogens with one attached hydrogen (secondary N) is 1. The van der Waals surface area contributed by atoms with Crippen molar-refractivity contribution in [2.24, 2.45) is 0 Å². The van der Waals surface area contributed by atoms with Gasteiger partial charge in [-0.2, -0.15) is 11.8 Å². The van der Waals surface area contributed by atoms with Gasteiger partial charge in [0.1, 0.15) is 0 Å². The molecule has 0 heterocycles. The summed E-state index contributed by atoms with van der Waals surface area (Å²) in [6.07, 6.45) is 1.87. The molecule has 0 bridgehead atoms. The predicted octanol–water partition coefficient (Wildman–Crippen LogP) is 1.60. The second-order valence-corrected chi connectivity index (χ2v) is 3.60. The third-order valence-corrected chi connectivity index (χ3v) is 2.09. The molecular weight excluding hydrogens is 198 g/mol. The fourth-order valence-electron chi connectivity index (χ4n) is 0.935. The van der Waals surface area contributed by atoms with Crippen molar-refractivity contribution in [3.05, 3.63) is 35.9 Å². The Morgan fingerprint density at radius 1 is 1.43 bits per heavy atom. The lowest BCUT2D eigenvalue weighted by Gasteiger charge is -2.04. The number of hydroxylamine groups is 1. The molecule has 1 rings (SSSR count). The molecule has 0 atom stereocenters. The molecule has 76 valence electrons. The van der Waals surface area contributed by atoms with Gasteiger partial charge in [0, 0.05) is 0 Å². The SMILES string of the molecule is CSCC(=O)NOCc1ccccc1. The average Bonchev–Trinajstić information content (AvgIpc) is 2.20. The second kappa shape index (κ2) is 6.45. The van der Waals surface area contributed by atoms with Gasteiger partial charge in [-0.05, 0) is 11.8 Å². The number of rotatable bonds is 5. The number of thioether (sulfide) groups is 1. The van der Waals surface area contributed by atoms with Crippen LogP contribution in [0.2, 0.25) is 0 Å². The van der Waals surface area contributed by atoms with E-state index < -0.39 is 0 Å². The topological polar surface area (TPSA) is 38.3 Å². The van der Waals surface area contributed by atoms with E-state index in [2.05, 4.69) is 5.48 Å². The first-order valence-electron chi connectivity index (χ1n) is 4.26. The minimum Gasteiger partial charge on any atom is -0.272 e. The second-order valence-electron chi connectivity index (χ2n) is 2.73. The van der Waals surface area contributed by atoms with Gasteiger partial charge in [-0.25, -0.2) is 5.48 Å². The van der Waals surface area contributed by atoms with Crippen molar-refractivity contribution in [3.63, 3.8) is 0 Å². The number of carbonyl (C=O) groups is 1. The van der Waals surface area contributed by atoms with Crippen molar-refractivity contribution in [2.75, 3.05) is 12.0 Å². The van der Waals surface area contributed by atoms with Crippen molar-refractivity contribution in [1.82, 2.24) is 5.48 Å². The molecule has 0 aliphatic heterocycles. The Labute approximate surface area is 87.8 Å². The summed E-state index contributed by atoms with van der Waals surface area (Å²) >= 11 is 1.46. The van der Waals surface area contributed by atoms with Crippen molar-refractivity contribution < 1.29 is 9.63 Å². The first-order chi connectivity index (χ1) is 6.83. The summed E-state index contributed by atoms with van der Waals surface area (Å²) in [5.41, 5.74) is 3.41. The predicted molar refractivity (Wildman–Crippen MR) is 57.8 cm³/mol. The average molecular weight is 211 g/mol. The number of hydrogen-bond acceptors (Lipinski definition) is 3. The van der Waals surface area contributed by atoms with Gasteiger partial charge in [-0.3, -0.25) is 9.63 Å². The van der Waals surface area contributed by atoms with Crippen LogP contribution in [-0.4, -0.2) is 17.9 Å². The Morgan fingerprint density at radius 3 is 2.79 bits per heavy atom. The lowest BCUT2D eigenvalue weighted by Crippen LogP contribution is -2.25. The van der Waals surface area contributed by atoms with Crippen molar-refractivity contribution in [2.45, 2.75) is 6.61 Å². The number of carbonyl (C=O) groups excluding carboxylic acids is 1. The van der Waals surface area contributed by atoms with Crippen molar-refractivity contribution in [1.29, 1.82) is 0 Å². The number of benzene rings is 1. The normalized spacial score (nSPS) is 9.79. The molecule has 0 fully saturated rings. The minimum absolute atomic E-state index is 0.103. The highest BCUT2D eigenvalue weighted by Crippen LogP contribution is 1.99. The highest BCUT2D eigenvalue weighted by molar-refractivity contribution is 7.99. The molecule has 0 unspecified atom stereocenters. The van der Waals surface area contributed by atoms with E-state index in [0.29, 0.717) is 12.4 Å². The molecule has 4 heteroatoms. The quantitative estimate of drug-likeness (QED) is 0.752. The first kappa shape index (κ1) is 11.1. The fraction of sp³-hybridized carbons (Fsp3) is 0.300. The van der Waals surface area contributed by atoms with Gasteiger partial charge in [-0.1, -0.05) is 30.3 Å². The fourth-order valence-corrected chi connectivity index (χ4v) is 1.26. The molecule has 1 aromatic rings. The maximum absolute atomic E-state index is 11.0. The maximum Gasteiger partial charge on any atom is 0.253 e. The number of amides is 1. The van der Waals surface area contributed by atoms with Crippen molar-refractivity contribution >= 4 is 17.7 Å². The molecule has 0 radical (unpaired) electrons. The summed E-state index contributed by atoms with van der Waals surface area (Å²) in [6, 6.07) is 9.70. The van der Waals surface area contributed by atoms with Crippen LogP contribution in [-0.2, 0) is 16.2 Å². The van der Waals surface area contributed by atoms with Crippen LogP contribution in [0.15, 0.2) is 30.3 Å². The molecule has 0 aliphatic carbocycles. The monoisotopic (exact) mass is 211 g/mol. The van der Waals surface area contributed by atoms with E-state index in [-0.39, 0.29) is 5.91 Å². The zero-order chi connectivity index (χ0) is 10.2. The summed E-state index contributed by atoms with van der Waals surface area (Å²) in [5, 5.41) is 0. The zero-order valence-corrected chi connectivity index (χ0v) is 8.84. The molecule has 1 aromatic carbocycles. The van der Waals surface area contributed by atoms with Crippen LogP contribution < -0.4 is 5.48 Å². The minimum atomic E-state index is -0.103. The van der Waals surface area contributed by atoms with E-state index in [1.54, 1.807) is 0 Å². The standard InChI is InChI=1S/C10H13NO2S/c1-14-8-10(12)11-13-7-9-5-3-2-4-6-9/h2-6H,7-8H2,1H3,(H,11,12). The van der Waals surface area contributed by atoms with Crippen LogP contribution in [0.3, 0.4) is 0 Å². The lowest BCUT2D eigenvalue weighted by molar-refractivity contribution is -0.131. The first-order valence-corrected chi connectivity index (χ1v) is 5.66. The molecule has 0 spiro atoms. The third-order valence-electron chi connectivity index (χ3n) is 1.54. The molecular formula is C10H13NO2S. The summed E-state index contributed by atoms with van der Waals surface area (Å²) in [7, 11) is 0. The van der Waals surface area contributed by atoms with Crippen molar-refractivity contribution in [3.8, 4) is 0 Å². The smallest absolute Gasteiger partial charge is 0.253 e. The summed E-state index contributed by atoms with van der Waals surface area (Å²) in [4.78, 5) is 16.0. The largest absolute Gasteiger partial charge is 0.272 e. The summed E-state index contributed by atoms with van der Waals surface area (Å²) in [5.74, 6) is 0.322. The third kappa shape index (κ3) is 4.30. The Hall–Kier alpha value is -1.00. The van der Waals surface area contributed by atoms with Crippen LogP contribution >= 0.6 is 11.8 Å². The molecule has 0 saturated carbocycles. The van der Waals surface area contributed by atoms with E-state index in [1.807, 2.05) is 36.6 Å². The Morgan fingerprint density at radius 2 is 2.14 bits per heavy atom. The van der Waals surface area contributed by atoms with E-state index in [4.69, 9.17) is 4.84 Å².